The third-order valence-corrected chi connectivity index (χ3v) is 2.26. The van der Waals surface area contributed by atoms with Crippen molar-refractivity contribution >= 4 is 23.2 Å². The van der Waals surface area contributed by atoms with E-state index in [0.29, 0.717) is 22.0 Å². The third-order valence-electron chi connectivity index (χ3n) is 1.89. The molecule has 0 fully saturated rings. The van der Waals surface area contributed by atoms with Crippen LogP contribution in [0.1, 0.15) is 0 Å². The van der Waals surface area contributed by atoms with Crippen LogP contribution in [-0.2, 0) is 14.1 Å². The Balaban J connectivity index is 2.59. The second kappa shape index (κ2) is 3.29. The Morgan fingerprint density at radius 2 is 1.29 bits per heavy atom. The molecule has 0 bridgehead atoms. The highest BCUT2D eigenvalue weighted by Crippen LogP contribution is 2.20. The monoisotopic (exact) mass is 230 g/mol. The Morgan fingerprint density at radius 1 is 0.929 bits per heavy atom. The van der Waals surface area contributed by atoms with Gasteiger partial charge in [0, 0.05) is 26.5 Å². The molecule has 4 nitrogen and oxygen atoms in total. The van der Waals surface area contributed by atoms with Crippen LogP contribution in [0.4, 0.5) is 0 Å². The minimum atomic E-state index is 0.446. The van der Waals surface area contributed by atoms with Gasteiger partial charge < -0.3 is 9.13 Å². The molecule has 0 aliphatic rings. The second-order valence-corrected chi connectivity index (χ2v) is 3.77. The van der Waals surface area contributed by atoms with E-state index in [1.54, 1.807) is 21.5 Å². The topological polar surface area (TPSA) is 35.6 Å². The molecular formula is C8H8Cl2N4. The van der Waals surface area contributed by atoms with Gasteiger partial charge in [0.25, 0.3) is 0 Å². The minimum Gasteiger partial charge on any atom is -0.330 e. The maximum absolute atomic E-state index is 5.77. The van der Waals surface area contributed by atoms with Crippen LogP contribution in [0.25, 0.3) is 11.6 Å². The molecule has 74 valence electrons. The van der Waals surface area contributed by atoms with Crippen LogP contribution in [0.3, 0.4) is 0 Å². The first kappa shape index (κ1) is 9.55. The van der Waals surface area contributed by atoms with Crippen LogP contribution >= 0.6 is 23.2 Å². The van der Waals surface area contributed by atoms with Crippen LogP contribution < -0.4 is 0 Å². The molecule has 0 unspecified atom stereocenters. The van der Waals surface area contributed by atoms with Crippen molar-refractivity contribution in [2.24, 2.45) is 14.1 Å². The van der Waals surface area contributed by atoms with E-state index in [1.807, 2.05) is 14.1 Å². The third kappa shape index (κ3) is 1.51. The highest BCUT2D eigenvalue weighted by molar-refractivity contribution is 6.30. The number of hydrogen-bond acceptors (Lipinski definition) is 2. The fourth-order valence-corrected chi connectivity index (χ4v) is 1.73. The number of halogens is 2. The van der Waals surface area contributed by atoms with Crippen LogP contribution in [0.2, 0.25) is 10.3 Å². The summed E-state index contributed by atoms with van der Waals surface area (Å²) < 4.78 is 3.61. The maximum atomic E-state index is 5.77. The van der Waals surface area contributed by atoms with Crippen molar-refractivity contribution < 1.29 is 0 Å². The summed E-state index contributed by atoms with van der Waals surface area (Å²) in [5, 5.41) is 0.892. The average molecular weight is 231 g/mol. The molecular weight excluding hydrogens is 223 g/mol. The smallest absolute Gasteiger partial charge is 0.177 e. The number of nitrogens with zero attached hydrogens (tertiary/aromatic N) is 4. The molecule has 2 rings (SSSR count). The predicted octanol–water partition coefficient (Wildman–Crippen LogP) is 2.13. The Labute approximate surface area is 91.1 Å². The summed E-state index contributed by atoms with van der Waals surface area (Å²) in [5.74, 6) is 1.40. The first-order chi connectivity index (χ1) is 6.58. The van der Waals surface area contributed by atoms with Crippen LogP contribution in [0.15, 0.2) is 12.4 Å². The molecule has 0 saturated carbocycles. The lowest BCUT2D eigenvalue weighted by Crippen LogP contribution is -1.98. The van der Waals surface area contributed by atoms with E-state index in [4.69, 9.17) is 23.2 Å². The summed E-state index contributed by atoms with van der Waals surface area (Å²) in [7, 11) is 3.72. The van der Waals surface area contributed by atoms with Gasteiger partial charge in [-0.25, -0.2) is 9.97 Å². The van der Waals surface area contributed by atoms with Gasteiger partial charge in [0.05, 0.1) is 0 Å². The van der Waals surface area contributed by atoms with E-state index in [9.17, 15) is 0 Å². The molecule has 0 amide bonds. The lowest BCUT2D eigenvalue weighted by atomic mass is 10.5. The van der Waals surface area contributed by atoms with Gasteiger partial charge in [-0.3, -0.25) is 0 Å². The van der Waals surface area contributed by atoms with Gasteiger partial charge >= 0.3 is 0 Å². The van der Waals surface area contributed by atoms with Gasteiger partial charge in [-0.2, -0.15) is 0 Å². The van der Waals surface area contributed by atoms with E-state index >= 15 is 0 Å². The Morgan fingerprint density at radius 3 is 1.50 bits per heavy atom. The zero-order chi connectivity index (χ0) is 10.3. The van der Waals surface area contributed by atoms with Gasteiger partial charge in [0.1, 0.15) is 10.3 Å². The number of hydrogen-bond donors (Lipinski definition) is 0. The molecule has 0 atom stereocenters. The summed E-state index contributed by atoms with van der Waals surface area (Å²) in [6.07, 6.45) is 3.44. The Kier molecular flexibility index (Phi) is 2.25. The van der Waals surface area contributed by atoms with E-state index < -0.39 is 0 Å². The summed E-state index contributed by atoms with van der Waals surface area (Å²) in [6, 6.07) is 0. The second-order valence-electron chi connectivity index (χ2n) is 3.00. The molecule has 0 radical (unpaired) electrons. The van der Waals surface area contributed by atoms with Crippen molar-refractivity contribution in [3.63, 3.8) is 0 Å². The summed E-state index contributed by atoms with van der Waals surface area (Å²) >= 11 is 11.5. The highest BCUT2D eigenvalue weighted by atomic mass is 35.5. The highest BCUT2D eigenvalue weighted by Gasteiger charge is 2.12. The van der Waals surface area contributed by atoms with Crippen LogP contribution in [0.5, 0.6) is 0 Å². The van der Waals surface area contributed by atoms with Crippen LogP contribution in [-0.4, -0.2) is 19.1 Å². The van der Waals surface area contributed by atoms with E-state index in [-0.39, 0.29) is 0 Å². The molecule has 0 aromatic carbocycles. The Hall–Kier alpha value is -1.00. The van der Waals surface area contributed by atoms with Gasteiger partial charge in [0.2, 0.25) is 0 Å². The fourth-order valence-electron chi connectivity index (χ4n) is 1.28. The number of aryl methyl sites for hydroxylation is 2. The quantitative estimate of drug-likeness (QED) is 0.753. The van der Waals surface area contributed by atoms with Crippen molar-refractivity contribution in [1.82, 2.24) is 19.1 Å². The first-order valence-corrected chi connectivity index (χ1v) is 4.71. The normalized spacial score (nSPS) is 10.9. The van der Waals surface area contributed by atoms with Gasteiger partial charge in [0.15, 0.2) is 11.6 Å². The van der Waals surface area contributed by atoms with E-state index in [2.05, 4.69) is 9.97 Å². The van der Waals surface area contributed by atoms with Crippen LogP contribution in [0, 0.1) is 0 Å². The number of aromatic nitrogens is 4. The first-order valence-electron chi connectivity index (χ1n) is 3.96. The lowest BCUT2D eigenvalue weighted by molar-refractivity contribution is 0.860. The molecule has 0 N–H and O–H groups in total. The van der Waals surface area contributed by atoms with E-state index in [1.165, 1.54) is 0 Å². The molecule has 14 heavy (non-hydrogen) atoms. The zero-order valence-corrected chi connectivity index (χ0v) is 9.21. The molecule has 0 aliphatic carbocycles. The lowest BCUT2D eigenvalue weighted by Gasteiger charge is -1.99. The molecule has 2 aromatic rings. The molecule has 0 aliphatic heterocycles. The summed E-state index contributed by atoms with van der Waals surface area (Å²) in [4.78, 5) is 8.28. The predicted molar refractivity (Wildman–Crippen MR) is 55.4 cm³/mol. The maximum Gasteiger partial charge on any atom is 0.177 e. The fraction of sp³-hybridized carbons (Fsp3) is 0.250. The SMILES string of the molecule is Cn1cc(Cl)nc1-c1nc(Cl)cn1C. The minimum absolute atomic E-state index is 0.446. The van der Waals surface area contributed by atoms with Crippen molar-refractivity contribution in [1.29, 1.82) is 0 Å². The van der Waals surface area contributed by atoms with E-state index in [0.717, 1.165) is 0 Å². The summed E-state index contributed by atoms with van der Waals surface area (Å²) in [5.41, 5.74) is 0. The Bertz CT molecular complexity index is 427. The average Bonchev–Trinajstić information content (AvgIpc) is 2.55. The molecule has 6 heteroatoms. The number of rotatable bonds is 1. The van der Waals surface area contributed by atoms with Crippen molar-refractivity contribution in [3.05, 3.63) is 22.7 Å². The standard InChI is InChI=1S/C8H8Cl2N4/c1-13-3-5(9)11-7(13)8-12-6(10)4-14(8)2/h3-4H,1-2H3. The molecule has 2 aromatic heterocycles. The summed E-state index contributed by atoms with van der Waals surface area (Å²) in [6.45, 7) is 0. The van der Waals surface area contributed by atoms with Crippen molar-refractivity contribution in [2.75, 3.05) is 0 Å². The van der Waals surface area contributed by atoms with Crippen molar-refractivity contribution in [2.45, 2.75) is 0 Å². The van der Waals surface area contributed by atoms with Gasteiger partial charge in [-0.1, -0.05) is 23.2 Å². The molecule has 0 spiro atoms. The largest absolute Gasteiger partial charge is 0.330 e. The van der Waals surface area contributed by atoms with Gasteiger partial charge in [-0.05, 0) is 0 Å². The van der Waals surface area contributed by atoms with Gasteiger partial charge in [-0.15, -0.1) is 0 Å². The molecule has 2 heterocycles. The zero-order valence-electron chi connectivity index (χ0n) is 7.70. The number of imidazole rings is 2. The molecule has 0 saturated heterocycles. The van der Waals surface area contributed by atoms with Crippen molar-refractivity contribution in [3.8, 4) is 11.6 Å².